The largest absolute Gasteiger partial charge is 0.438 e. The van der Waals surface area contributed by atoms with Crippen LogP contribution in [-0.2, 0) is 69.3 Å². The lowest BCUT2D eigenvalue weighted by Gasteiger charge is -2.34. The summed E-state index contributed by atoms with van der Waals surface area (Å²) in [6.07, 6.45) is -2.31. The summed E-state index contributed by atoms with van der Waals surface area (Å²) in [5.41, 5.74) is 29.9. The molecule has 394 valence electrons. The number of esters is 6. The van der Waals surface area contributed by atoms with Crippen molar-refractivity contribution < 1.29 is 90.3 Å². The Morgan fingerprint density at radius 1 is 0.557 bits per heavy atom. The Labute approximate surface area is 406 Å². The highest BCUT2D eigenvalue weighted by Crippen LogP contribution is 2.74. The minimum absolute atomic E-state index is 0.101. The van der Waals surface area contributed by atoms with E-state index in [0.29, 0.717) is 11.1 Å². The van der Waals surface area contributed by atoms with Crippen LogP contribution in [-0.4, -0.2) is 100 Å². The first-order valence-corrected chi connectivity index (χ1v) is 25.5. The monoisotopic (exact) mass is 1030 g/mol. The lowest BCUT2D eigenvalue weighted by Crippen LogP contribution is -2.39. The van der Waals surface area contributed by atoms with Gasteiger partial charge in [0.1, 0.15) is 24.2 Å². The third kappa shape index (κ3) is 18.2. The van der Waals surface area contributed by atoms with Crippen LogP contribution in [0.3, 0.4) is 0 Å². The van der Waals surface area contributed by atoms with Crippen molar-refractivity contribution in [2.24, 2.45) is 52.3 Å². The normalized spacial score (nSPS) is 14.6. The molecule has 0 saturated heterocycles. The summed E-state index contributed by atoms with van der Waals surface area (Å²) in [4.78, 5) is 96.8. The fourth-order valence-electron chi connectivity index (χ4n) is 5.52. The summed E-state index contributed by atoms with van der Waals surface area (Å²) in [6, 6.07) is 4.07. The van der Waals surface area contributed by atoms with E-state index < -0.39 is 113 Å². The Morgan fingerprint density at radius 2 is 0.871 bits per heavy atom. The minimum Gasteiger partial charge on any atom is -0.438 e. The Kier molecular flexibility index (Phi) is 24.4. The molecule has 0 aromatic heterocycles. The van der Waals surface area contributed by atoms with Gasteiger partial charge in [-0.05, 0) is 84.9 Å². The van der Waals surface area contributed by atoms with E-state index in [-0.39, 0.29) is 72.5 Å². The summed E-state index contributed by atoms with van der Waals surface area (Å²) < 4.78 is 68.7. The van der Waals surface area contributed by atoms with E-state index in [9.17, 15) is 52.8 Å². The smallest absolute Gasteiger partial charge is 0.380 e. The van der Waals surface area contributed by atoms with Gasteiger partial charge in [0.05, 0.1) is 0 Å². The molecule has 0 fully saturated rings. The summed E-state index contributed by atoms with van der Waals surface area (Å²) in [5, 5.41) is 7.67. The predicted octanol–water partition coefficient (Wildman–Crippen LogP) is 2.60. The molecule has 0 amide bonds. The van der Waals surface area contributed by atoms with E-state index in [0.717, 1.165) is 0 Å². The summed E-state index contributed by atoms with van der Waals surface area (Å²) in [7, 11) is -11.4. The molecular formula is C44H69N5O19P2. The van der Waals surface area contributed by atoms with Crippen LogP contribution in [0.1, 0.15) is 92.2 Å². The van der Waals surface area contributed by atoms with Gasteiger partial charge in [-0.25, -0.2) is 19.2 Å². The fourth-order valence-corrected chi connectivity index (χ4v) is 8.90. The van der Waals surface area contributed by atoms with E-state index in [1.54, 1.807) is 55.4 Å². The van der Waals surface area contributed by atoms with Gasteiger partial charge in [0, 0.05) is 19.3 Å². The van der Waals surface area contributed by atoms with Crippen LogP contribution in [0.15, 0.2) is 36.4 Å². The molecule has 0 bridgehead atoms. The van der Waals surface area contributed by atoms with Crippen molar-refractivity contribution in [2.75, 3.05) is 20.1 Å². The maximum absolute atomic E-state index is 14.1. The fraction of sp³-hybridized carbons (Fsp3) is 0.591. The average molecular weight is 1030 g/mol. The second kappa shape index (κ2) is 27.8. The Balaban J connectivity index is 2.23. The Hall–Kier alpha value is -4.68. The van der Waals surface area contributed by atoms with E-state index in [1.165, 1.54) is 36.4 Å². The molecule has 0 radical (unpaired) electrons. The molecule has 2 aromatic carbocycles. The molecule has 26 heteroatoms. The molecule has 0 heterocycles. The number of ether oxygens (including phenoxy) is 6. The van der Waals surface area contributed by atoms with E-state index in [2.05, 4.69) is 0 Å². The number of rotatable bonds is 29. The highest BCUT2D eigenvalue weighted by atomic mass is 31.2. The number of aryl methyl sites for hydroxylation is 2. The van der Waals surface area contributed by atoms with Gasteiger partial charge in [-0.3, -0.25) is 27.8 Å². The van der Waals surface area contributed by atoms with Crippen molar-refractivity contribution in [3.05, 3.63) is 47.5 Å². The SMILES string of the molecule is CC(C)[C@H](N)C(=O)Oc1ccc(CCC(=O)OCOP(=O)(OCOC(=O)CCc2ccc(OC(=O)[C@@H](N)C(C)C)c(OC(=O)[C@@H](N)C(C)C)c2)C(O)(CCCN)P(=O)(O)O)cc1OC(=O)[C@@H](N)C(C)C. The first-order valence-electron chi connectivity index (χ1n) is 22.3. The minimum atomic E-state index is -5.83. The quantitative estimate of drug-likeness (QED) is 0.0251. The zero-order valence-electron chi connectivity index (χ0n) is 40.6. The number of hydrogen-bond acceptors (Lipinski definition) is 22. The molecule has 5 atom stereocenters. The lowest BCUT2D eigenvalue weighted by molar-refractivity contribution is -0.153. The molecule has 0 aliphatic rings. The summed E-state index contributed by atoms with van der Waals surface area (Å²) in [5.74, 6) is -7.23. The van der Waals surface area contributed by atoms with E-state index in [4.69, 9.17) is 66.1 Å². The molecule has 0 spiro atoms. The first kappa shape index (κ1) is 61.4. The van der Waals surface area contributed by atoms with Crippen LogP contribution in [0.5, 0.6) is 23.0 Å². The van der Waals surface area contributed by atoms with Gasteiger partial charge < -0.3 is 72.0 Å². The van der Waals surface area contributed by atoms with Crippen LogP contribution in [0, 0.1) is 23.7 Å². The number of nitrogens with two attached hydrogens (primary N) is 5. The van der Waals surface area contributed by atoms with Crippen molar-refractivity contribution in [1.82, 2.24) is 0 Å². The number of carbonyl (C=O) groups is 6. The third-order valence-corrected chi connectivity index (χ3v) is 15.2. The van der Waals surface area contributed by atoms with Crippen LogP contribution in [0.4, 0.5) is 0 Å². The maximum Gasteiger partial charge on any atom is 0.380 e. The molecule has 2 rings (SSSR count). The van der Waals surface area contributed by atoms with Crippen molar-refractivity contribution in [3.8, 4) is 23.0 Å². The molecular weight excluding hydrogens is 964 g/mol. The van der Waals surface area contributed by atoms with Crippen molar-refractivity contribution in [2.45, 2.75) is 123 Å². The number of benzene rings is 2. The Bertz CT molecular complexity index is 2090. The van der Waals surface area contributed by atoms with Crippen molar-refractivity contribution >= 4 is 51.0 Å². The van der Waals surface area contributed by atoms with Gasteiger partial charge in [-0.1, -0.05) is 67.5 Å². The standard InChI is InChI=1S/C44H69N5O19P2/c1-24(2)36(46)40(52)65-30-14-10-28(20-32(30)67-42(54)38(48)26(5)6)12-16-34(50)61-22-63-70(60,44(56,18-9-19-45)69(57,58)59)64-23-62-35(51)17-13-29-11-15-31(66-41(53)37(47)25(3)4)33(21-29)68-43(55)39(49)27(7)8/h10-11,14-15,20-21,24-27,36-39,56H,9,12-13,16-19,22-23,45-49H2,1-8H3,(H2,57,58,59)/t36-,37-,38-,39-,44?/m0/s1. The van der Waals surface area contributed by atoms with Gasteiger partial charge in [0.2, 0.25) is 13.6 Å². The van der Waals surface area contributed by atoms with Crippen LogP contribution < -0.4 is 47.6 Å². The molecule has 0 aliphatic heterocycles. The van der Waals surface area contributed by atoms with Gasteiger partial charge in [-0.2, -0.15) is 0 Å². The van der Waals surface area contributed by atoms with Crippen molar-refractivity contribution in [1.29, 1.82) is 0 Å². The summed E-state index contributed by atoms with van der Waals surface area (Å²) >= 11 is 0. The summed E-state index contributed by atoms with van der Waals surface area (Å²) in [6.45, 7) is 10.8. The topological polar surface area (TPSA) is 401 Å². The van der Waals surface area contributed by atoms with Crippen LogP contribution in [0.25, 0.3) is 0 Å². The third-order valence-electron chi connectivity index (χ3n) is 10.6. The maximum atomic E-state index is 14.1. The molecule has 0 aliphatic carbocycles. The van der Waals surface area contributed by atoms with Crippen LogP contribution >= 0.6 is 15.2 Å². The van der Waals surface area contributed by atoms with Gasteiger partial charge >= 0.3 is 51.0 Å². The molecule has 13 N–H and O–H groups in total. The van der Waals surface area contributed by atoms with Gasteiger partial charge in [0.25, 0.3) is 5.08 Å². The van der Waals surface area contributed by atoms with Crippen molar-refractivity contribution in [3.63, 3.8) is 0 Å². The zero-order chi connectivity index (χ0) is 53.3. The Morgan fingerprint density at radius 3 is 1.16 bits per heavy atom. The van der Waals surface area contributed by atoms with E-state index >= 15 is 0 Å². The first-order chi connectivity index (χ1) is 32.5. The van der Waals surface area contributed by atoms with Crippen LogP contribution in [0.2, 0.25) is 0 Å². The second-order valence-corrected chi connectivity index (χ2v) is 22.0. The zero-order valence-corrected chi connectivity index (χ0v) is 42.4. The highest BCUT2D eigenvalue weighted by Gasteiger charge is 2.62. The molecule has 70 heavy (non-hydrogen) atoms. The van der Waals surface area contributed by atoms with Gasteiger partial charge in [0.15, 0.2) is 23.0 Å². The molecule has 24 nitrogen and oxygen atoms in total. The molecule has 2 aromatic rings. The number of hydrogen-bond donors (Lipinski definition) is 8. The van der Waals surface area contributed by atoms with E-state index in [1.807, 2.05) is 0 Å². The predicted molar refractivity (Wildman–Crippen MR) is 250 cm³/mol. The average Bonchev–Trinajstić information content (AvgIpc) is 3.28. The number of carbonyl (C=O) groups excluding carboxylic acids is 6. The second-order valence-electron chi connectivity index (χ2n) is 17.6. The molecule has 1 unspecified atom stereocenters. The lowest BCUT2D eigenvalue weighted by atomic mass is 10.1. The molecule has 0 saturated carbocycles. The number of aliphatic hydroxyl groups is 1. The highest BCUT2D eigenvalue weighted by molar-refractivity contribution is 7.73. The van der Waals surface area contributed by atoms with Gasteiger partial charge in [-0.15, -0.1) is 0 Å².